The number of aromatic amines is 1. The maximum absolute atomic E-state index is 12.8. The van der Waals surface area contributed by atoms with Gasteiger partial charge in [0.25, 0.3) is 0 Å². The zero-order valence-corrected chi connectivity index (χ0v) is 19.1. The number of rotatable bonds is 16. The van der Waals surface area contributed by atoms with Crippen LogP contribution in [0.15, 0.2) is 12.5 Å². The number of hydrogen-bond donors (Lipinski definition) is 6. The summed E-state index contributed by atoms with van der Waals surface area (Å²) in [5.74, 6) is -6.55. The molecule has 0 saturated carbocycles. The number of carbonyl (C=O) groups excluding carboxylic acids is 4. The minimum Gasteiger partial charge on any atom is -0.480 e. The molecule has 0 fully saturated rings. The van der Waals surface area contributed by atoms with Crippen molar-refractivity contribution in [1.82, 2.24) is 20.6 Å². The van der Waals surface area contributed by atoms with Gasteiger partial charge in [-0.1, -0.05) is 0 Å². The summed E-state index contributed by atoms with van der Waals surface area (Å²) < 4.78 is 4.59. The normalized spacial score (nSPS) is 13.2. The summed E-state index contributed by atoms with van der Waals surface area (Å²) in [5.41, 5.74) is 5.82. The van der Waals surface area contributed by atoms with E-state index in [1.807, 2.05) is 0 Å². The van der Waals surface area contributed by atoms with Crippen LogP contribution in [0.5, 0.6) is 0 Å². The lowest BCUT2D eigenvalue weighted by atomic mass is 10.1. The summed E-state index contributed by atoms with van der Waals surface area (Å²) in [5, 5.41) is 22.9. The molecule has 14 nitrogen and oxygen atoms in total. The van der Waals surface area contributed by atoms with Crippen LogP contribution in [-0.2, 0) is 39.9 Å². The number of thioether (sulfide) groups is 1. The fraction of sp³-hybridized carbons (Fsp3) is 0.526. The molecule has 1 rings (SSSR count). The molecule has 15 heteroatoms. The molecular weight excluding hydrogens is 474 g/mol. The number of ether oxygens (including phenoxy) is 1. The van der Waals surface area contributed by atoms with E-state index < -0.39 is 53.6 Å². The van der Waals surface area contributed by atoms with E-state index in [-0.39, 0.29) is 37.4 Å². The first-order chi connectivity index (χ1) is 16.0. The van der Waals surface area contributed by atoms with Crippen LogP contribution in [0.4, 0.5) is 0 Å². The lowest BCUT2D eigenvalue weighted by Crippen LogP contribution is -2.53. The smallest absolute Gasteiger partial charge is 0.375 e. The van der Waals surface area contributed by atoms with Crippen LogP contribution in [0.25, 0.3) is 0 Å². The van der Waals surface area contributed by atoms with Crippen LogP contribution >= 0.6 is 11.8 Å². The number of carboxylic acids is 2. The van der Waals surface area contributed by atoms with Crippen molar-refractivity contribution in [2.75, 3.05) is 18.1 Å². The maximum Gasteiger partial charge on any atom is 0.375 e. The van der Waals surface area contributed by atoms with Crippen molar-refractivity contribution >= 4 is 47.3 Å². The highest BCUT2D eigenvalue weighted by atomic mass is 32.2. The van der Waals surface area contributed by atoms with Gasteiger partial charge in [-0.15, -0.1) is 0 Å². The highest BCUT2D eigenvalue weighted by Crippen LogP contribution is 2.07. The Balaban J connectivity index is 2.82. The van der Waals surface area contributed by atoms with Gasteiger partial charge in [0.2, 0.25) is 17.6 Å². The summed E-state index contributed by atoms with van der Waals surface area (Å²) in [6.45, 7) is 1.55. The van der Waals surface area contributed by atoms with Gasteiger partial charge in [-0.05, 0) is 13.3 Å². The molecule has 0 radical (unpaired) electrons. The predicted molar refractivity (Wildman–Crippen MR) is 118 cm³/mol. The van der Waals surface area contributed by atoms with Crippen molar-refractivity contribution in [1.29, 1.82) is 0 Å². The standard InChI is InChI=1S/C19H27N5O9S/c1-2-33-19(32)14(25)8-34-7-13(23-15(26)4-3-11(20)17(28)29)16(27)24-12(18(30)31)5-10-6-21-9-22-10/h6,9,11-13H,2-5,7-8,20H2,1H3,(H,21,22)(H,23,26)(H,24,27)(H,28,29)(H,30,31). The molecule has 0 aromatic carbocycles. The largest absolute Gasteiger partial charge is 0.480 e. The highest BCUT2D eigenvalue weighted by molar-refractivity contribution is 8.00. The molecule has 7 N–H and O–H groups in total. The zero-order chi connectivity index (χ0) is 25.7. The van der Waals surface area contributed by atoms with Crippen LogP contribution in [0.2, 0.25) is 0 Å². The van der Waals surface area contributed by atoms with E-state index in [0.29, 0.717) is 5.69 Å². The Labute approximate surface area is 198 Å². The molecule has 3 atom stereocenters. The second-order valence-electron chi connectivity index (χ2n) is 6.94. The number of carboxylic acid groups (broad SMARTS) is 2. The molecule has 188 valence electrons. The van der Waals surface area contributed by atoms with Crippen molar-refractivity contribution in [2.24, 2.45) is 5.73 Å². The molecule has 3 unspecified atom stereocenters. The number of Topliss-reactive ketones (excluding diaryl/α,β-unsaturated/α-hetero) is 1. The minimum absolute atomic E-state index is 0.0156. The van der Waals surface area contributed by atoms with Crippen LogP contribution in [0.1, 0.15) is 25.5 Å². The lowest BCUT2D eigenvalue weighted by Gasteiger charge is -2.21. The molecule has 0 bridgehead atoms. The van der Waals surface area contributed by atoms with Gasteiger partial charge in [0.05, 0.1) is 18.7 Å². The maximum atomic E-state index is 12.8. The number of hydrogen-bond acceptors (Lipinski definition) is 10. The number of aliphatic carboxylic acids is 2. The number of ketones is 1. The summed E-state index contributed by atoms with van der Waals surface area (Å²) in [4.78, 5) is 77.1. The summed E-state index contributed by atoms with van der Waals surface area (Å²) in [7, 11) is 0. The van der Waals surface area contributed by atoms with E-state index in [9.17, 15) is 33.9 Å². The van der Waals surface area contributed by atoms with Crippen molar-refractivity contribution < 1.29 is 43.7 Å². The Morgan fingerprint density at radius 3 is 2.41 bits per heavy atom. The van der Waals surface area contributed by atoms with Crippen molar-refractivity contribution in [3.63, 3.8) is 0 Å². The average molecular weight is 502 g/mol. The van der Waals surface area contributed by atoms with Crippen LogP contribution in [0.3, 0.4) is 0 Å². The van der Waals surface area contributed by atoms with Gasteiger partial charge >= 0.3 is 17.9 Å². The second kappa shape index (κ2) is 14.6. The molecule has 34 heavy (non-hydrogen) atoms. The first kappa shape index (κ1) is 28.6. The Kier molecular flexibility index (Phi) is 12.3. The van der Waals surface area contributed by atoms with E-state index in [1.165, 1.54) is 19.4 Å². The van der Waals surface area contributed by atoms with Crippen molar-refractivity contribution in [2.45, 2.75) is 44.3 Å². The monoisotopic (exact) mass is 501 g/mol. The quantitative estimate of drug-likeness (QED) is 0.107. The van der Waals surface area contributed by atoms with E-state index in [2.05, 4.69) is 25.3 Å². The molecule has 0 aliphatic heterocycles. The van der Waals surface area contributed by atoms with Gasteiger partial charge in [-0.25, -0.2) is 14.6 Å². The van der Waals surface area contributed by atoms with Crippen LogP contribution in [0, 0.1) is 0 Å². The van der Waals surface area contributed by atoms with E-state index in [4.69, 9.17) is 10.8 Å². The fourth-order valence-corrected chi connectivity index (χ4v) is 3.38. The fourth-order valence-electron chi connectivity index (χ4n) is 2.49. The second-order valence-corrected chi connectivity index (χ2v) is 7.97. The van der Waals surface area contributed by atoms with Gasteiger partial charge in [0.15, 0.2) is 0 Å². The Bertz CT molecular complexity index is 878. The van der Waals surface area contributed by atoms with E-state index in [1.54, 1.807) is 0 Å². The van der Waals surface area contributed by atoms with Gasteiger partial charge in [-0.3, -0.25) is 19.2 Å². The number of nitrogens with zero attached hydrogens (tertiary/aromatic N) is 1. The number of amides is 2. The molecule has 0 spiro atoms. The number of H-pyrrole nitrogens is 1. The predicted octanol–water partition coefficient (Wildman–Crippen LogP) is -1.94. The number of nitrogens with one attached hydrogen (secondary N) is 3. The van der Waals surface area contributed by atoms with E-state index in [0.717, 1.165) is 11.8 Å². The van der Waals surface area contributed by atoms with Gasteiger partial charge in [-0.2, -0.15) is 11.8 Å². The van der Waals surface area contributed by atoms with Crippen LogP contribution in [-0.4, -0.2) is 91.9 Å². The number of aromatic nitrogens is 2. The lowest BCUT2D eigenvalue weighted by molar-refractivity contribution is -0.152. The Morgan fingerprint density at radius 1 is 1.15 bits per heavy atom. The third-order valence-corrected chi connectivity index (χ3v) is 5.30. The number of nitrogens with two attached hydrogens (primary N) is 1. The third-order valence-electron chi connectivity index (χ3n) is 4.27. The number of esters is 1. The molecule has 1 heterocycles. The summed E-state index contributed by atoms with van der Waals surface area (Å²) in [6, 6.07) is -3.91. The molecule has 1 aromatic heterocycles. The molecular formula is C19H27N5O9S. The Hall–Kier alpha value is -3.46. The van der Waals surface area contributed by atoms with Gasteiger partial charge in [0, 0.05) is 30.5 Å². The first-order valence-electron chi connectivity index (χ1n) is 10.1. The SMILES string of the molecule is CCOC(=O)C(=O)CSCC(NC(=O)CCC(N)C(=O)O)C(=O)NC(Cc1cnc[nH]1)C(=O)O. The van der Waals surface area contributed by atoms with Crippen molar-refractivity contribution in [3.8, 4) is 0 Å². The molecule has 1 aromatic rings. The summed E-state index contributed by atoms with van der Waals surface area (Å²) >= 11 is 0.856. The third kappa shape index (κ3) is 10.4. The van der Waals surface area contributed by atoms with Crippen molar-refractivity contribution in [3.05, 3.63) is 18.2 Å². The Morgan fingerprint density at radius 2 is 1.85 bits per heavy atom. The van der Waals surface area contributed by atoms with Crippen LogP contribution < -0.4 is 16.4 Å². The van der Waals surface area contributed by atoms with E-state index >= 15 is 0 Å². The topological polar surface area (TPSA) is 231 Å². The molecule has 0 aliphatic carbocycles. The zero-order valence-electron chi connectivity index (χ0n) is 18.3. The molecule has 0 aliphatic rings. The van der Waals surface area contributed by atoms with Gasteiger partial charge in [0.1, 0.15) is 18.1 Å². The highest BCUT2D eigenvalue weighted by Gasteiger charge is 2.28. The number of imidazole rings is 1. The minimum atomic E-state index is -1.35. The first-order valence-corrected chi connectivity index (χ1v) is 11.3. The molecule has 2 amide bonds. The summed E-state index contributed by atoms with van der Waals surface area (Å²) in [6.07, 6.45) is 2.13. The number of carbonyl (C=O) groups is 6. The average Bonchev–Trinajstić information content (AvgIpc) is 3.29. The van der Waals surface area contributed by atoms with Gasteiger partial charge < -0.3 is 36.3 Å². The molecule has 0 saturated heterocycles.